The molecule has 0 unspecified atom stereocenters. The zero-order chi connectivity index (χ0) is 11.6. The van der Waals surface area contributed by atoms with Crippen molar-refractivity contribution in [2.75, 3.05) is 5.88 Å². The quantitative estimate of drug-likeness (QED) is 0.658. The Morgan fingerprint density at radius 2 is 1.69 bits per heavy atom. The van der Waals surface area contributed by atoms with Crippen LogP contribution in [0.5, 0.6) is 0 Å². The van der Waals surface area contributed by atoms with E-state index in [2.05, 4.69) is 38.1 Å². The van der Waals surface area contributed by atoms with Crippen molar-refractivity contribution in [3.8, 4) is 0 Å². The van der Waals surface area contributed by atoms with E-state index in [0.717, 1.165) is 5.88 Å². The van der Waals surface area contributed by atoms with Gasteiger partial charge in [0, 0.05) is 11.3 Å². The summed E-state index contributed by atoms with van der Waals surface area (Å²) in [6, 6.07) is 9.13. The van der Waals surface area contributed by atoms with Crippen molar-refractivity contribution in [2.45, 2.75) is 50.9 Å². The maximum absolute atomic E-state index is 6.20. The molecule has 0 saturated heterocycles. The number of alkyl halides is 1. The SMILES string of the molecule is CC(C)c1ccc(C2(CCl)CCCC2)cc1. The summed E-state index contributed by atoms with van der Waals surface area (Å²) >= 11 is 6.20. The molecule has 2 rings (SSSR count). The predicted octanol–water partition coefficient (Wildman–Crippen LogP) is 4.86. The van der Waals surface area contributed by atoms with E-state index in [1.807, 2.05) is 0 Å². The van der Waals surface area contributed by atoms with Gasteiger partial charge in [-0.2, -0.15) is 0 Å². The number of hydrogen-bond donors (Lipinski definition) is 0. The summed E-state index contributed by atoms with van der Waals surface area (Å²) in [5.74, 6) is 1.39. The molecular formula is C15H21Cl. The molecule has 88 valence electrons. The molecule has 0 N–H and O–H groups in total. The summed E-state index contributed by atoms with van der Waals surface area (Å²) in [4.78, 5) is 0. The normalized spacial score (nSPS) is 19.2. The first kappa shape index (κ1) is 12.0. The summed E-state index contributed by atoms with van der Waals surface area (Å²) in [7, 11) is 0. The fourth-order valence-electron chi connectivity index (χ4n) is 2.77. The Morgan fingerprint density at radius 3 is 2.12 bits per heavy atom. The molecule has 1 aliphatic carbocycles. The van der Waals surface area contributed by atoms with Gasteiger partial charge in [-0.15, -0.1) is 11.6 Å². The van der Waals surface area contributed by atoms with Crippen molar-refractivity contribution < 1.29 is 0 Å². The molecule has 0 spiro atoms. The highest BCUT2D eigenvalue weighted by Crippen LogP contribution is 2.42. The Balaban J connectivity index is 2.26. The Hall–Kier alpha value is -0.490. The van der Waals surface area contributed by atoms with Gasteiger partial charge in [0.05, 0.1) is 0 Å². The van der Waals surface area contributed by atoms with E-state index in [0.29, 0.717) is 5.92 Å². The summed E-state index contributed by atoms with van der Waals surface area (Å²) in [6.07, 6.45) is 5.19. The molecule has 1 aromatic rings. The number of hydrogen-bond acceptors (Lipinski definition) is 0. The average molecular weight is 237 g/mol. The van der Waals surface area contributed by atoms with Crippen LogP contribution in [-0.4, -0.2) is 5.88 Å². The first-order valence-corrected chi connectivity index (χ1v) is 6.88. The molecule has 0 amide bonds. The maximum Gasteiger partial charge on any atom is 0.0320 e. The molecule has 0 atom stereocenters. The van der Waals surface area contributed by atoms with Gasteiger partial charge in [-0.1, -0.05) is 51.0 Å². The Kier molecular flexibility index (Phi) is 3.59. The molecule has 1 fully saturated rings. The van der Waals surface area contributed by atoms with Crippen LogP contribution < -0.4 is 0 Å². The molecule has 16 heavy (non-hydrogen) atoms. The Bertz CT molecular complexity index is 331. The van der Waals surface area contributed by atoms with Crippen LogP contribution >= 0.6 is 11.6 Å². The Morgan fingerprint density at radius 1 is 1.12 bits per heavy atom. The van der Waals surface area contributed by atoms with Crippen LogP contribution in [0.3, 0.4) is 0 Å². The molecule has 0 bridgehead atoms. The Labute approximate surface area is 104 Å². The van der Waals surface area contributed by atoms with E-state index < -0.39 is 0 Å². The average Bonchev–Trinajstić information content (AvgIpc) is 2.79. The van der Waals surface area contributed by atoms with Gasteiger partial charge < -0.3 is 0 Å². The molecule has 0 radical (unpaired) electrons. The molecular weight excluding hydrogens is 216 g/mol. The minimum atomic E-state index is 0.275. The second-order valence-electron chi connectivity index (χ2n) is 5.40. The van der Waals surface area contributed by atoms with Gasteiger partial charge in [-0.25, -0.2) is 0 Å². The lowest BCUT2D eigenvalue weighted by Gasteiger charge is -2.27. The van der Waals surface area contributed by atoms with Crippen LogP contribution in [0.4, 0.5) is 0 Å². The summed E-state index contributed by atoms with van der Waals surface area (Å²) in [5.41, 5.74) is 3.15. The molecule has 1 heteroatoms. The van der Waals surface area contributed by atoms with E-state index in [-0.39, 0.29) is 5.41 Å². The minimum absolute atomic E-state index is 0.275. The third-order valence-corrected chi connectivity index (χ3v) is 4.52. The van der Waals surface area contributed by atoms with E-state index in [9.17, 15) is 0 Å². The zero-order valence-electron chi connectivity index (χ0n) is 10.3. The van der Waals surface area contributed by atoms with Crippen LogP contribution in [0.1, 0.15) is 56.6 Å². The predicted molar refractivity (Wildman–Crippen MR) is 71.4 cm³/mol. The van der Waals surface area contributed by atoms with Gasteiger partial charge in [0.25, 0.3) is 0 Å². The van der Waals surface area contributed by atoms with E-state index >= 15 is 0 Å². The monoisotopic (exact) mass is 236 g/mol. The molecule has 0 nitrogen and oxygen atoms in total. The number of benzene rings is 1. The topological polar surface area (TPSA) is 0 Å². The zero-order valence-corrected chi connectivity index (χ0v) is 11.1. The van der Waals surface area contributed by atoms with Crippen LogP contribution in [0, 0.1) is 0 Å². The van der Waals surface area contributed by atoms with Crippen LogP contribution in [0.15, 0.2) is 24.3 Å². The second kappa shape index (κ2) is 4.79. The van der Waals surface area contributed by atoms with Crippen LogP contribution in [0.2, 0.25) is 0 Å². The van der Waals surface area contributed by atoms with Gasteiger partial charge >= 0.3 is 0 Å². The van der Waals surface area contributed by atoms with Crippen molar-refractivity contribution in [3.63, 3.8) is 0 Å². The minimum Gasteiger partial charge on any atom is -0.126 e. The number of rotatable bonds is 3. The van der Waals surface area contributed by atoms with E-state index in [4.69, 9.17) is 11.6 Å². The molecule has 0 aromatic heterocycles. The third-order valence-electron chi connectivity index (χ3n) is 4.01. The van der Waals surface area contributed by atoms with Gasteiger partial charge in [0.15, 0.2) is 0 Å². The fraction of sp³-hybridized carbons (Fsp3) is 0.600. The van der Waals surface area contributed by atoms with Crippen LogP contribution in [-0.2, 0) is 5.41 Å². The standard InChI is InChI=1S/C15H21Cl/c1-12(2)13-5-7-14(8-6-13)15(11-16)9-3-4-10-15/h5-8,12H,3-4,9-11H2,1-2H3. The van der Waals surface area contributed by atoms with Gasteiger partial charge in [-0.3, -0.25) is 0 Å². The first-order valence-electron chi connectivity index (χ1n) is 6.34. The van der Waals surface area contributed by atoms with Gasteiger partial charge in [0.1, 0.15) is 0 Å². The second-order valence-corrected chi connectivity index (χ2v) is 5.67. The summed E-state index contributed by atoms with van der Waals surface area (Å²) in [6.45, 7) is 4.48. The highest BCUT2D eigenvalue weighted by molar-refractivity contribution is 6.18. The van der Waals surface area contributed by atoms with Gasteiger partial charge in [-0.05, 0) is 29.9 Å². The van der Waals surface area contributed by atoms with Crippen molar-refractivity contribution in [1.29, 1.82) is 0 Å². The van der Waals surface area contributed by atoms with Crippen LogP contribution in [0.25, 0.3) is 0 Å². The van der Waals surface area contributed by atoms with Gasteiger partial charge in [0.2, 0.25) is 0 Å². The third kappa shape index (κ3) is 2.13. The lowest BCUT2D eigenvalue weighted by atomic mass is 9.80. The smallest absolute Gasteiger partial charge is 0.0320 e. The highest BCUT2D eigenvalue weighted by Gasteiger charge is 2.34. The first-order chi connectivity index (χ1) is 7.68. The van der Waals surface area contributed by atoms with E-state index in [1.165, 1.54) is 36.8 Å². The molecule has 1 aliphatic rings. The van der Waals surface area contributed by atoms with E-state index in [1.54, 1.807) is 0 Å². The van der Waals surface area contributed by atoms with Crippen molar-refractivity contribution in [2.24, 2.45) is 0 Å². The maximum atomic E-state index is 6.20. The molecule has 1 saturated carbocycles. The molecule has 0 heterocycles. The lowest BCUT2D eigenvalue weighted by molar-refractivity contribution is 0.498. The fourth-order valence-corrected chi connectivity index (χ4v) is 3.19. The van der Waals surface area contributed by atoms with Crippen molar-refractivity contribution >= 4 is 11.6 Å². The highest BCUT2D eigenvalue weighted by atomic mass is 35.5. The van der Waals surface area contributed by atoms with Crippen molar-refractivity contribution in [3.05, 3.63) is 35.4 Å². The van der Waals surface area contributed by atoms with Crippen molar-refractivity contribution in [1.82, 2.24) is 0 Å². The summed E-state index contributed by atoms with van der Waals surface area (Å²) < 4.78 is 0. The largest absolute Gasteiger partial charge is 0.126 e. The number of halogens is 1. The molecule has 0 aliphatic heterocycles. The lowest BCUT2D eigenvalue weighted by Crippen LogP contribution is -2.23. The summed E-state index contributed by atoms with van der Waals surface area (Å²) in [5, 5.41) is 0. The molecule has 1 aromatic carbocycles.